The highest BCUT2D eigenvalue weighted by atomic mass is 16.8. The Hall–Kier alpha value is -4.66. The number of aliphatic hydroxyl groups excluding tert-OH is 7. The van der Waals surface area contributed by atoms with Gasteiger partial charge in [-0.3, -0.25) is 4.79 Å². The molecule has 9 N–H and O–H groups in total. The van der Waals surface area contributed by atoms with Gasteiger partial charge in [0.25, 0.3) is 0 Å². The Morgan fingerprint density at radius 1 is 0.800 bits per heavy atom. The summed E-state index contributed by atoms with van der Waals surface area (Å²) in [5.41, 5.74) is -0.387. The molecule has 5 aliphatic heterocycles. The van der Waals surface area contributed by atoms with Gasteiger partial charge in [0.05, 0.1) is 65.5 Å². The number of fused-ring (bicyclic) bond motifs is 1. The van der Waals surface area contributed by atoms with E-state index in [0.29, 0.717) is 11.1 Å². The number of carbonyl (C=O) groups is 2. The van der Waals surface area contributed by atoms with Gasteiger partial charge in [-0.15, -0.1) is 0 Å². The van der Waals surface area contributed by atoms with Crippen LogP contribution in [0.2, 0.25) is 0 Å². The van der Waals surface area contributed by atoms with E-state index in [4.69, 9.17) is 52.1 Å². The van der Waals surface area contributed by atoms with E-state index in [1.165, 1.54) is 32.4 Å². The van der Waals surface area contributed by atoms with Crippen LogP contribution >= 0.6 is 0 Å². The van der Waals surface area contributed by atoms with Crippen molar-refractivity contribution in [2.75, 3.05) is 47.8 Å². The van der Waals surface area contributed by atoms with Crippen molar-refractivity contribution in [1.82, 2.24) is 0 Å². The second-order valence-electron chi connectivity index (χ2n) is 16.1. The quantitative estimate of drug-likeness (QED) is 0.0799. The number of ether oxygens (including phenoxy) is 11. The van der Waals surface area contributed by atoms with Crippen LogP contribution in [0.5, 0.6) is 23.0 Å². The summed E-state index contributed by atoms with van der Waals surface area (Å²) < 4.78 is 63.5. The molecule has 358 valence electrons. The Morgan fingerprint density at radius 2 is 1.42 bits per heavy atom. The lowest BCUT2D eigenvalue weighted by atomic mass is 9.80. The molecule has 0 saturated carbocycles. The van der Waals surface area contributed by atoms with Gasteiger partial charge >= 0.3 is 11.9 Å². The van der Waals surface area contributed by atoms with Crippen LogP contribution in [0.15, 0.2) is 59.9 Å². The summed E-state index contributed by atoms with van der Waals surface area (Å²) in [5.74, 6) is -3.54. The van der Waals surface area contributed by atoms with Crippen LogP contribution in [0, 0.1) is 11.8 Å². The maximum atomic E-state index is 13.6. The largest absolute Gasteiger partial charge is 0.504 e. The number of phenols is 2. The molecule has 0 aromatic heterocycles. The molecule has 0 radical (unpaired) electrons. The molecule has 5 heterocycles. The number of aromatic hydroxyl groups is 2. The van der Waals surface area contributed by atoms with E-state index in [0.717, 1.165) is 13.4 Å². The molecular formula is C43H54O22. The van der Waals surface area contributed by atoms with E-state index in [1.807, 2.05) is 0 Å². The van der Waals surface area contributed by atoms with E-state index in [9.17, 15) is 55.5 Å². The zero-order valence-corrected chi connectivity index (χ0v) is 35.6. The van der Waals surface area contributed by atoms with Crippen molar-refractivity contribution < 1.29 is 108 Å². The third kappa shape index (κ3) is 9.24. The first-order valence-electron chi connectivity index (χ1n) is 20.7. The molecule has 65 heavy (non-hydrogen) atoms. The van der Waals surface area contributed by atoms with E-state index < -0.39 is 129 Å². The number of phenolic OH excluding ortho intramolecular Hbond substituents is 2. The van der Waals surface area contributed by atoms with Crippen LogP contribution in [-0.4, -0.2) is 179 Å². The Kier molecular flexibility index (Phi) is 14.9. The maximum absolute atomic E-state index is 13.6. The molecule has 0 bridgehead atoms. The number of aliphatic hydroxyl groups is 7. The van der Waals surface area contributed by atoms with Gasteiger partial charge < -0.3 is 98.1 Å². The molecule has 4 saturated heterocycles. The molecule has 4 fully saturated rings. The molecule has 0 aliphatic carbocycles. The number of esters is 2. The number of hydrogen-bond donors (Lipinski definition) is 9. The first-order valence-corrected chi connectivity index (χ1v) is 20.7. The van der Waals surface area contributed by atoms with Gasteiger partial charge in [-0.1, -0.05) is 18.2 Å². The zero-order valence-electron chi connectivity index (χ0n) is 35.6. The second kappa shape index (κ2) is 20.1. The minimum atomic E-state index is -1.89. The van der Waals surface area contributed by atoms with Crippen molar-refractivity contribution in [3.63, 3.8) is 0 Å². The van der Waals surface area contributed by atoms with Crippen molar-refractivity contribution >= 4 is 11.9 Å². The third-order valence-corrected chi connectivity index (χ3v) is 12.4. The standard InChI is InChI=1S/C43H54O22/c1-5-20-21(22(39(54)57-4)14-60-40(20)64-41-35(52)33(50)31(48)28(13-44)62-41)12-30(47)58-16-29-32(49)34(51)36(53)42(63-29)65-43-17-61-37(18-6-8-24(45)26(10-18)55-2)23(43)15-59-38(43)19-7-9-25(46)27(11-19)56-3/h5-11,14,21,23,28-29,31-38,40-42,44-46,48-53H,12-13,15-17H2,1-4H3/b20-5+/t21-,23+,28+,29+,31+,32+,33-,34-,35+,36+,37+,38+,40-,41-,42-,43+/m1/s1. The lowest BCUT2D eigenvalue weighted by Crippen LogP contribution is -2.62. The van der Waals surface area contributed by atoms with Gasteiger partial charge in [0.1, 0.15) is 67.1 Å². The molecule has 0 unspecified atom stereocenters. The monoisotopic (exact) mass is 922 g/mol. The zero-order chi connectivity index (χ0) is 46.9. The number of methoxy groups -OCH3 is 3. The minimum Gasteiger partial charge on any atom is -0.504 e. The van der Waals surface area contributed by atoms with Crippen molar-refractivity contribution in [1.29, 1.82) is 0 Å². The van der Waals surface area contributed by atoms with Crippen molar-refractivity contribution in [3.8, 4) is 23.0 Å². The van der Waals surface area contributed by atoms with Gasteiger partial charge in [-0.05, 0) is 42.3 Å². The van der Waals surface area contributed by atoms with Crippen LogP contribution in [0.25, 0.3) is 0 Å². The Balaban J connectivity index is 1.09. The van der Waals surface area contributed by atoms with Gasteiger partial charge in [-0.25, -0.2) is 4.79 Å². The molecule has 16 atom stereocenters. The topological polar surface area (TPSA) is 318 Å². The van der Waals surface area contributed by atoms with Crippen molar-refractivity contribution in [3.05, 3.63) is 71.0 Å². The summed E-state index contributed by atoms with van der Waals surface area (Å²) in [5, 5.41) is 94.9. The predicted octanol–water partition coefficient (Wildman–Crippen LogP) is -1.14. The molecule has 0 spiro atoms. The molecule has 0 amide bonds. The smallest absolute Gasteiger partial charge is 0.337 e. The lowest BCUT2D eigenvalue weighted by molar-refractivity contribution is -0.334. The number of rotatable bonds is 14. The minimum absolute atomic E-state index is 0.0353. The van der Waals surface area contributed by atoms with E-state index >= 15 is 0 Å². The highest BCUT2D eigenvalue weighted by molar-refractivity contribution is 5.90. The number of benzene rings is 2. The number of carbonyl (C=O) groups excluding carboxylic acids is 2. The molecule has 2 aromatic carbocycles. The van der Waals surface area contributed by atoms with Crippen LogP contribution < -0.4 is 9.47 Å². The van der Waals surface area contributed by atoms with E-state index in [-0.39, 0.29) is 47.4 Å². The normalized spacial score (nSPS) is 37.5. The average Bonchev–Trinajstić information content (AvgIpc) is 3.85. The molecule has 22 heteroatoms. The van der Waals surface area contributed by atoms with Gasteiger partial charge in [-0.2, -0.15) is 0 Å². The van der Waals surface area contributed by atoms with Gasteiger partial charge in [0.2, 0.25) is 6.29 Å². The van der Waals surface area contributed by atoms with Crippen LogP contribution in [0.4, 0.5) is 0 Å². The van der Waals surface area contributed by atoms with Gasteiger partial charge in [0.15, 0.2) is 35.6 Å². The summed E-state index contributed by atoms with van der Waals surface area (Å²) in [6.07, 6.45) is -18.2. The Morgan fingerprint density at radius 3 is 2.05 bits per heavy atom. The second-order valence-corrected chi connectivity index (χ2v) is 16.1. The summed E-state index contributed by atoms with van der Waals surface area (Å²) in [6.45, 7) is -0.0136. The Bertz CT molecular complexity index is 2080. The first-order chi connectivity index (χ1) is 31.1. The van der Waals surface area contributed by atoms with Crippen molar-refractivity contribution in [2.24, 2.45) is 11.8 Å². The lowest BCUT2D eigenvalue weighted by Gasteiger charge is -2.44. The van der Waals surface area contributed by atoms with Crippen LogP contribution in [-0.2, 0) is 52.2 Å². The fraction of sp³-hybridized carbons (Fsp3) is 0.581. The fourth-order valence-corrected chi connectivity index (χ4v) is 8.85. The summed E-state index contributed by atoms with van der Waals surface area (Å²) >= 11 is 0. The fourth-order valence-electron chi connectivity index (χ4n) is 8.85. The van der Waals surface area contributed by atoms with Gasteiger partial charge in [0, 0.05) is 17.4 Å². The number of hydrogen-bond acceptors (Lipinski definition) is 22. The number of allylic oxidation sites excluding steroid dienone is 1. The predicted molar refractivity (Wildman–Crippen MR) is 213 cm³/mol. The third-order valence-electron chi connectivity index (χ3n) is 12.4. The van der Waals surface area contributed by atoms with E-state index in [1.54, 1.807) is 31.2 Å². The highest BCUT2D eigenvalue weighted by Crippen LogP contribution is 2.57. The molecule has 2 aromatic rings. The molecule has 22 nitrogen and oxygen atoms in total. The molecular weight excluding hydrogens is 868 g/mol. The van der Waals surface area contributed by atoms with Crippen molar-refractivity contribution in [2.45, 2.75) is 98.9 Å². The summed E-state index contributed by atoms with van der Waals surface area (Å²) in [7, 11) is 3.88. The summed E-state index contributed by atoms with van der Waals surface area (Å²) in [6, 6.07) is 9.23. The SMILES string of the molecule is C/C=C1/[C@@H](O[C@H]2O[C@@H](CO)[C@H](O)[C@@H](O)[C@@H]2O)OC=C(C(=O)OC)[C@@H]1CC(=O)OC[C@@H]1O[C@H](O[C@@]23CO[C@@H](c4ccc(O)c(OC)c4)[C@@H]2CO[C@H]3c2ccc(O)c(OC)c2)[C@@H](O)[C@H](O)[C@H]1O. The van der Waals surface area contributed by atoms with E-state index in [2.05, 4.69) is 0 Å². The Labute approximate surface area is 371 Å². The van der Waals surface area contributed by atoms with Crippen LogP contribution in [0.1, 0.15) is 36.7 Å². The average molecular weight is 923 g/mol. The molecule has 5 aliphatic rings. The summed E-state index contributed by atoms with van der Waals surface area (Å²) in [4.78, 5) is 26.5. The van der Waals surface area contributed by atoms with Crippen LogP contribution in [0.3, 0.4) is 0 Å². The maximum Gasteiger partial charge on any atom is 0.337 e. The molecule has 7 rings (SSSR count). The highest BCUT2D eigenvalue weighted by Gasteiger charge is 2.64. The first kappa shape index (κ1) is 48.3.